The lowest BCUT2D eigenvalue weighted by Gasteiger charge is -2.25. The SMILES string of the molecule is C=CCn1cc(COc2cc(O)c3c(c2)CC(CCc2ccc(OC)cc2)OC3=O)nn1. The zero-order valence-electron chi connectivity index (χ0n) is 17.9. The minimum atomic E-state index is -0.512. The molecule has 0 amide bonds. The van der Waals surface area contributed by atoms with Crippen LogP contribution in [0.1, 0.15) is 33.6 Å². The second kappa shape index (κ2) is 9.55. The normalized spacial score (nSPS) is 15.0. The van der Waals surface area contributed by atoms with Gasteiger partial charge in [-0.05, 0) is 42.2 Å². The zero-order valence-corrected chi connectivity index (χ0v) is 17.9. The van der Waals surface area contributed by atoms with Crippen molar-refractivity contribution in [2.75, 3.05) is 7.11 Å². The number of fused-ring (bicyclic) bond motifs is 1. The molecule has 0 aliphatic carbocycles. The van der Waals surface area contributed by atoms with Crippen molar-refractivity contribution in [3.05, 3.63) is 77.6 Å². The van der Waals surface area contributed by atoms with Crippen molar-refractivity contribution in [2.45, 2.75) is 38.5 Å². The Bertz CT molecular complexity index is 1110. The van der Waals surface area contributed by atoms with E-state index in [4.69, 9.17) is 14.2 Å². The molecule has 0 spiro atoms. The Kier molecular flexibility index (Phi) is 6.39. The van der Waals surface area contributed by atoms with Crippen LogP contribution in [0.2, 0.25) is 0 Å². The van der Waals surface area contributed by atoms with Crippen molar-refractivity contribution in [3.8, 4) is 17.2 Å². The van der Waals surface area contributed by atoms with Gasteiger partial charge in [0.25, 0.3) is 0 Å². The fourth-order valence-corrected chi connectivity index (χ4v) is 3.70. The van der Waals surface area contributed by atoms with Crippen LogP contribution in [0.15, 0.2) is 55.3 Å². The summed E-state index contributed by atoms with van der Waals surface area (Å²) in [6, 6.07) is 11.0. The van der Waals surface area contributed by atoms with Crippen molar-refractivity contribution in [1.82, 2.24) is 15.0 Å². The van der Waals surface area contributed by atoms with E-state index in [1.807, 2.05) is 24.3 Å². The van der Waals surface area contributed by atoms with Crippen LogP contribution in [0.4, 0.5) is 0 Å². The maximum Gasteiger partial charge on any atom is 0.342 e. The third-order valence-electron chi connectivity index (χ3n) is 5.30. The number of phenols is 1. The van der Waals surface area contributed by atoms with Crippen LogP contribution in [0.3, 0.4) is 0 Å². The number of hydrogen-bond donors (Lipinski definition) is 1. The highest BCUT2D eigenvalue weighted by Gasteiger charge is 2.29. The number of carbonyl (C=O) groups excluding carboxylic acids is 1. The number of aromatic hydroxyl groups is 1. The fraction of sp³-hybridized carbons (Fsp3) is 0.292. The second-order valence-corrected chi connectivity index (χ2v) is 7.60. The zero-order chi connectivity index (χ0) is 22.5. The Morgan fingerprint density at radius 2 is 2.09 bits per heavy atom. The first-order valence-corrected chi connectivity index (χ1v) is 10.4. The number of methoxy groups -OCH3 is 1. The quantitative estimate of drug-likeness (QED) is 0.406. The molecule has 0 saturated heterocycles. The highest BCUT2D eigenvalue weighted by Crippen LogP contribution is 2.34. The third-order valence-corrected chi connectivity index (χ3v) is 5.30. The molecule has 166 valence electrons. The largest absolute Gasteiger partial charge is 0.507 e. The molecule has 8 nitrogen and oxygen atoms in total. The van der Waals surface area contributed by atoms with Gasteiger partial charge >= 0.3 is 5.97 Å². The molecular weight excluding hydrogens is 410 g/mol. The van der Waals surface area contributed by atoms with Gasteiger partial charge in [-0.3, -0.25) is 0 Å². The summed E-state index contributed by atoms with van der Waals surface area (Å²) in [5.41, 5.74) is 2.71. The lowest BCUT2D eigenvalue weighted by Crippen LogP contribution is -2.28. The molecule has 1 aromatic heterocycles. The van der Waals surface area contributed by atoms with Gasteiger partial charge in [-0.2, -0.15) is 0 Å². The topological polar surface area (TPSA) is 95.7 Å². The van der Waals surface area contributed by atoms with E-state index in [1.54, 1.807) is 30.1 Å². The molecule has 2 aromatic carbocycles. The highest BCUT2D eigenvalue weighted by atomic mass is 16.5. The summed E-state index contributed by atoms with van der Waals surface area (Å²) in [6.45, 7) is 4.43. The number of esters is 1. The van der Waals surface area contributed by atoms with E-state index in [0.717, 1.165) is 17.7 Å². The summed E-state index contributed by atoms with van der Waals surface area (Å²) < 4.78 is 18.2. The molecule has 32 heavy (non-hydrogen) atoms. The monoisotopic (exact) mass is 435 g/mol. The van der Waals surface area contributed by atoms with Crippen LogP contribution in [-0.4, -0.2) is 39.3 Å². The molecule has 0 radical (unpaired) electrons. The van der Waals surface area contributed by atoms with Crippen LogP contribution in [-0.2, 0) is 30.7 Å². The minimum Gasteiger partial charge on any atom is -0.507 e. The Balaban J connectivity index is 1.41. The summed E-state index contributed by atoms with van der Waals surface area (Å²) in [4.78, 5) is 12.5. The maximum absolute atomic E-state index is 12.5. The molecule has 3 aromatic rings. The number of ether oxygens (including phenoxy) is 3. The minimum absolute atomic E-state index is 0.147. The van der Waals surface area contributed by atoms with E-state index >= 15 is 0 Å². The summed E-state index contributed by atoms with van der Waals surface area (Å²) in [5, 5.41) is 18.4. The van der Waals surface area contributed by atoms with Crippen LogP contribution < -0.4 is 9.47 Å². The van der Waals surface area contributed by atoms with Crippen LogP contribution >= 0.6 is 0 Å². The van der Waals surface area contributed by atoms with Crippen LogP contribution in [0, 0.1) is 0 Å². The molecule has 4 rings (SSSR count). The number of allylic oxidation sites excluding steroid dienone is 1. The number of cyclic esters (lactones) is 1. The van der Waals surface area contributed by atoms with Crippen molar-refractivity contribution < 1.29 is 24.1 Å². The van der Waals surface area contributed by atoms with Gasteiger partial charge in [0.1, 0.15) is 41.2 Å². The number of carbonyl (C=O) groups is 1. The molecule has 0 fully saturated rings. The van der Waals surface area contributed by atoms with Crippen LogP contribution in [0.25, 0.3) is 0 Å². The van der Waals surface area contributed by atoms with Crippen molar-refractivity contribution in [2.24, 2.45) is 0 Å². The number of nitrogens with zero attached hydrogens (tertiary/aromatic N) is 3. The molecule has 0 bridgehead atoms. The third kappa shape index (κ3) is 4.91. The molecule has 1 unspecified atom stereocenters. The van der Waals surface area contributed by atoms with Crippen molar-refractivity contribution in [3.63, 3.8) is 0 Å². The van der Waals surface area contributed by atoms with E-state index in [-0.39, 0.29) is 24.0 Å². The van der Waals surface area contributed by atoms with Gasteiger partial charge in [-0.1, -0.05) is 23.4 Å². The summed E-state index contributed by atoms with van der Waals surface area (Å²) >= 11 is 0. The Morgan fingerprint density at radius 1 is 1.28 bits per heavy atom. The van der Waals surface area contributed by atoms with E-state index in [9.17, 15) is 9.90 Å². The Hall–Kier alpha value is -3.81. The lowest BCUT2D eigenvalue weighted by molar-refractivity contribution is 0.0234. The standard InChI is InChI=1S/C24H25N3O5/c1-3-10-27-14-18(25-26-27)15-31-21-12-17-11-20(32-24(29)23(17)22(28)13-21)9-6-16-4-7-19(30-2)8-5-16/h3-5,7-8,12-14,20,28H,1,6,9-11,15H2,2H3. The van der Waals surface area contributed by atoms with E-state index < -0.39 is 5.97 Å². The van der Waals surface area contributed by atoms with Gasteiger partial charge in [-0.25, -0.2) is 9.48 Å². The Morgan fingerprint density at radius 3 is 2.84 bits per heavy atom. The summed E-state index contributed by atoms with van der Waals surface area (Å²) in [5.74, 6) is 0.606. The van der Waals surface area contributed by atoms with E-state index in [1.165, 1.54) is 6.07 Å². The lowest BCUT2D eigenvalue weighted by atomic mass is 9.94. The average Bonchev–Trinajstić information content (AvgIpc) is 3.24. The highest BCUT2D eigenvalue weighted by molar-refractivity contribution is 5.95. The van der Waals surface area contributed by atoms with Gasteiger partial charge in [0, 0.05) is 12.5 Å². The first-order valence-electron chi connectivity index (χ1n) is 10.4. The van der Waals surface area contributed by atoms with Gasteiger partial charge in [0.2, 0.25) is 0 Å². The van der Waals surface area contributed by atoms with Crippen molar-refractivity contribution in [1.29, 1.82) is 0 Å². The number of phenolic OH excluding ortho intramolecular Hbond substituents is 1. The number of rotatable bonds is 9. The number of aryl methyl sites for hydroxylation is 1. The number of hydrogen-bond acceptors (Lipinski definition) is 7. The second-order valence-electron chi connectivity index (χ2n) is 7.60. The van der Waals surface area contributed by atoms with Crippen LogP contribution in [0.5, 0.6) is 17.2 Å². The molecule has 2 heterocycles. The molecule has 1 aliphatic heterocycles. The average molecular weight is 435 g/mol. The van der Waals surface area contributed by atoms with Gasteiger partial charge in [0.05, 0.1) is 19.9 Å². The smallest absolute Gasteiger partial charge is 0.342 e. The number of aromatic nitrogens is 3. The predicted molar refractivity (Wildman–Crippen MR) is 117 cm³/mol. The van der Waals surface area contributed by atoms with E-state index in [0.29, 0.717) is 36.4 Å². The first-order chi connectivity index (χ1) is 15.6. The van der Waals surface area contributed by atoms with Gasteiger partial charge in [0.15, 0.2) is 0 Å². The molecule has 1 N–H and O–H groups in total. The van der Waals surface area contributed by atoms with Crippen molar-refractivity contribution >= 4 is 5.97 Å². The number of benzene rings is 2. The predicted octanol–water partition coefficient (Wildman–Crippen LogP) is 3.47. The fourth-order valence-electron chi connectivity index (χ4n) is 3.70. The summed E-state index contributed by atoms with van der Waals surface area (Å²) in [7, 11) is 1.63. The molecular formula is C24H25N3O5. The summed E-state index contributed by atoms with van der Waals surface area (Å²) in [6.07, 6.45) is 5.18. The molecule has 1 aliphatic rings. The van der Waals surface area contributed by atoms with E-state index in [2.05, 4.69) is 16.9 Å². The molecule has 8 heteroatoms. The van der Waals surface area contributed by atoms with Gasteiger partial charge in [-0.15, -0.1) is 11.7 Å². The Labute approximate surface area is 186 Å². The molecule has 1 atom stereocenters. The van der Waals surface area contributed by atoms with Gasteiger partial charge < -0.3 is 19.3 Å². The molecule has 0 saturated carbocycles. The maximum atomic E-state index is 12.5. The first kappa shape index (κ1) is 21.4.